The Kier molecular flexibility index (Phi) is 9.80. The lowest BCUT2D eigenvalue weighted by molar-refractivity contribution is 0.303. The van der Waals surface area contributed by atoms with Gasteiger partial charge in [-0.1, -0.05) is 12.1 Å². The van der Waals surface area contributed by atoms with Gasteiger partial charge in [-0.2, -0.15) is 0 Å². The summed E-state index contributed by atoms with van der Waals surface area (Å²) >= 11 is 0. The fourth-order valence-corrected chi connectivity index (χ4v) is 4.00. The highest BCUT2D eigenvalue weighted by atomic mass is 127. The van der Waals surface area contributed by atoms with Crippen LogP contribution in [0.2, 0.25) is 0 Å². The summed E-state index contributed by atoms with van der Waals surface area (Å²) < 4.78 is 36.2. The van der Waals surface area contributed by atoms with Gasteiger partial charge in [-0.3, -0.25) is 9.89 Å². The summed E-state index contributed by atoms with van der Waals surface area (Å²) in [5.74, 6) is 0.983. The molecule has 2 rings (SSSR count). The summed E-state index contributed by atoms with van der Waals surface area (Å²) in [4.78, 5) is 8.69. The molecule has 26 heavy (non-hydrogen) atoms. The molecule has 0 unspecified atom stereocenters. The van der Waals surface area contributed by atoms with Crippen LogP contribution in [0.3, 0.4) is 0 Å². The van der Waals surface area contributed by atoms with Gasteiger partial charge in [0.05, 0.1) is 18.1 Å². The highest BCUT2D eigenvalue weighted by molar-refractivity contribution is 14.0. The number of aliphatic imine (C=N–C) groups is 1. The smallest absolute Gasteiger partial charge is 0.194 e. The minimum Gasteiger partial charge on any atom is -0.357 e. The largest absolute Gasteiger partial charge is 0.357 e. The van der Waals surface area contributed by atoms with Gasteiger partial charge in [-0.05, 0) is 24.6 Å². The number of hydrogen-bond donors (Lipinski definition) is 1. The molecule has 1 aliphatic rings. The molecule has 1 aliphatic heterocycles. The first kappa shape index (κ1) is 23.1. The molecule has 0 bridgehead atoms. The second kappa shape index (κ2) is 11.0. The summed E-state index contributed by atoms with van der Waals surface area (Å²) in [6.45, 7) is 5.79. The third-order valence-electron chi connectivity index (χ3n) is 4.12. The summed E-state index contributed by atoms with van der Waals surface area (Å²) in [7, 11) is -0.929. The lowest BCUT2D eigenvalue weighted by atomic mass is 10.2. The Morgan fingerprint density at radius 2 is 2.04 bits per heavy atom. The molecule has 1 aromatic rings. The predicted molar refractivity (Wildman–Crippen MR) is 114 cm³/mol. The third kappa shape index (κ3) is 7.75. The van der Waals surface area contributed by atoms with Crippen molar-refractivity contribution in [2.75, 3.05) is 51.3 Å². The fraction of sp³-hybridized carbons (Fsp3) is 0.588. The van der Waals surface area contributed by atoms with Crippen molar-refractivity contribution in [1.82, 2.24) is 15.1 Å². The van der Waals surface area contributed by atoms with Crippen molar-refractivity contribution < 1.29 is 12.8 Å². The number of rotatable bonds is 6. The van der Waals surface area contributed by atoms with Crippen LogP contribution < -0.4 is 5.32 Å². The first-order chi connectivity index (χ1) is 11.9. The molecule has 0 spiro atoms. The van der Waals surface area contributed by atoms with Crippen molar-refractivity contribution in [3.8, 4) is 0 Å². The van der Waals surface area contributed by atoms with E-state index in [0.29, 0.717) is 26.2 Å². The van der Waals surface area contributed by atoms with Crippen LogP contribution in [0.15, 0.2) is 29.3 Å². The van der Waals surface area contributed by atoms with Crippen LogP contribution in [0.5, 0.6) is 0 Å². The number of nitrogens with one attached hydrogen (secondary N) is 1. The molecule has 9 heteroatoms. The van der Waals surface area contributed by atoms with E-state index in [1.807, 2.05) is 24.9 Å². The van der Waals surface area contributed by atoms with Crippen LogP contribution in [-0.4, -0.2) is 75.5 Å². The van der Waals surface area contributed by atoms with Crippen LogP contribution in [0.1, 0.15) is 12.5 Å². The molecular formula is C17H28FIN4O2S. The van der Waals surface area contributed by atoms with E-state index in [1.54, 1.807) is 6.07 Å². The van der Waals surface area contributed by atoms with E-state index in [-0.39, 0.29) is 41.3 Å². The molecule has 6 nitrogen and oxygen atoms in total. The molecule has 1 saturated heterocycles. The molecule has 1 fully saturated rings. The molecule has 0 aliphatic carbocycles. The lowest BCUT2D eigenvalue weighted by Gasteiger charge is -2.26. The second-order valence-corrected chi connectivity index (χ2v) is 8.52. The van der Waals surface area contributed by atoms with E-state index in [1.165, 1.54) is 12.1 Å². The van der Waals surface area contributed by atoms with Gasteiger partial charge >= 0.3 is 0 Å². The van der Waals surface area contributed by atoms with Gasteiger partial charge in [0.25, 0.3) is 0 Å². The Balaban J connectivity index is 0.00000338. The molecule has 1 N–H and O–H groups in total. The minimum absolute atomic E-state index is 0. The van der Waals surface area contributed by atoms with Crippen molar-refractivity contribution in [1.29, 1.82) is 0 Å². The maximum atomic E-state index is 13.3. The Bertz CT molecular complexity index is 686. The topological polar surface area (TPSA) is 65.0 Å². The van der Waals surface area contributed by atoms with Gasteiger partial charge in [0.1, 0.15) is 5.82 Å². The van der Waals surface area contributed by atoms with Gasteiger partial charge < -0.3 is 10.2 Å². The van der Waals surface area contributed by atoms with Gasteiger partial charge in [-0.25, -0.2) is 12.8 Å². The van der Waals surface area contributed by atoms with Crippen molar-refractivity contribution in [3.05, 3.63) is 35.6 Å². The number of nitrogens with zero attached hydrogens (tertiary/aromatic N) is 3. The average Bonchev–Trinajstić information content (AvgIpc) is 2.55. The zero-order chi connectivity index (χ0) is 18.3. The van der Waals surface area contributed by atoms with Gasteiger partial charge in [0.15, 0.2) is 15.8 Å². The van der Waals surface area contributed by atoms with Crippen molar-refractivity contribution >= 4 is 39.8 Å². The minimum atomic E-state index is -2.85. The Labute approximate surface area is 172 Å². The van der Waals surface area contributed by atoms with Crippen molar-refractivity contribution in [3.63, 3.8) is 0 Å². The molecule has 1 heterocycles. The van der Waals surface area contributed by atoms with Crippen LogP contribution in [0.25, 0.3) is 0 Å². The molecule has 0 atom stereocenters. The Hall–Kier alpha value is -0.940. The summed E-state index contributed by atoms with van der Waals surface area (Å²) in [6, 6.07) is 6.54. The Morgan fingerprint density at radius 1 is 1.35 bits per heavy atom. The lowest BCUT2D eigenvalue weighted by Crippen LogP contribution is -2.42. The van der Waals surface area contributed by atoms with Crippen LogP contribution in [0, 0.1) is 5.82 Å². The van der Waals surface area contributed by atoms with Crippen LogP contribution in [-0.2, 0) is 16.4 Å². The molecule has 1 aromatic carbocycles. The standard InChI is InChI=1S/C17H27FN4O2S.HI/c1-3-19-17(21(2)14-15-5-4-6-16(18)13-15)20-7-8-22-9-11-25(23,24)12-10-22;/h4-6,13H,3,7-12,14H2,1-2H3,(H,19,20);1H. The number of hydrogen-bond acceptors (Lipinski definition) is 4. The second-order valence-electron chi connectivity index (χ2n) is 6.22. The molecule has 148 valence electrons. The third-order valence-corrected chi connectivity index (χ3v) is 5.73. The normalized spacial score (nSPS) is 17.4. The number of sulfone groups is 1. The Morgan fingerprint density at radius 3 is 2.65 bits per heavy atom. The number of halogens is 2. The van der Waals surface area contributed by atoms with E-state index < -0.39 is 9.84 Å². The summed E-state index contributed by atoms with van der Waals surface area (Å²) in [5.41, 5.74) is 0.884. The first-order valence-corrected chi connectivity index (χ1v) is 10.4. The van der Waals surface area contributed by atoms with Gasteiger partial charge in [0.2, 0.25) is 0 Å². The van der Waals surface area contributed by atoms with Crippen molar-refractivity contribution in [2.45, 2.75) is 13.5 Å². The quantitative estimate of drug-likeness (QED) is 0.367. The van der Waals surface area contributed by atoms with E-state index in [0.717, 1.165) is 24.6 Å². The molecule has 0 aromatic heterocycles. The fourth-order valence-electron chi connectivity index (χ4n) is 2.72. The van der Waals surface area contributed by atoms with E-state index >= 15 is 0 Å². The van der Waals surface area contributed by atoms with E-state index in [9.17, 15) is 12.8 Å². The zero-order valence-corrected chi connectivity index (χ0v) is 18.5. The summed E-state index contributed by atoms with van der Waals surface area (Å²) in [6.07, 6.45) is 0. The van der Waals surface area contributed by atoms with Crippen LogP contribution in [0.4, 0.5) is 4.39 Å². The maximum absolute atomic E-state index is 13.3. The molecule has 0 radical (unpaired) electrons. The van der Waals surface area contributed by atoms with Crippen molar-refractivity contribution in [2.24, 2.45) is 4.99 Å². The van der Waals surface area contributed by atoms with E-state index in [4.69, 9.17) is 0 Å². The van der Waals surface area contributed by atoms with Gasteiger partial charge in [-0.15, -0.1) is 24.0 Å². The zero-order valence-electron chi connectivity index (χ0n) is 15.3. The first-order valence-electron chi connectivity index (χ1n) is 8.56. The number of guanidine groups is 1. The molecule has 0 amide bonds. The predicted octanol–water partition coefficient (Wildman–Crippen LogP) is 1.57. The highest BCUT2D eigenvalue weighted by Gasteiger charge is 2.20. The van der Waals surface area contributed by atoms with Gasteiger partial charge in [0, 0.05) is 39.8 Å². The SMILES string of the molecule is CCNC(=NCCN1CCS(=O)(=O)CC1)N(C)Cc1cccc(F)c1.I. The highest BCUT2D eigenvalue weighted by Crippen LogP contribution is 2.07. The number of benzene rings is 1. The average molecular weight is 498 g/mol. The van der Waals surface area contributed by atoms with E-state index in [2.05, 4.69) is 15.2 Å². The van der Waals surface area contributed by atoms with Crippen LogP contribution >= 0.6 is 24.0 Å². The maximum Gasteiger partial charge on any atom is 0.194 e. The molecule has 0 saturated carbocycles. The monoisotopic (exact) mass is 498 g/mol. The summed E-state index contributed by atoms with van der Waals surface area (Å²) in [5, 5.41) is 3.24. The molecular weight excluding hydrogens is 470 g/mol.